The van der Waals surface area contributed by atoms with Gasteiger partial charge in [-0.05, 0) is 52.4 Å². The summed E-state index contributed by atoms with van der Waals surface area (Å²) in [5.41, 5.74) is 3.20. The van der Waals surface area contributed by atoms with Crippen LogP contribution in [0.1, 0.15) is 58.1 Å². The van der Waals surface area contributed by atoms with E-state index in [-0.39, 0.29) is 0 Å². The number of nitrogens with one attached hydrogen (secondary N) is 1. The molecule has 2 aliphatic rings. The number of aromatic nitrogens is 3. The molecule has 1 aromatic heterocycles. The number of hydrogen-bond donors (Lipinski definition) is 1. The Morgan fingerprint density at radius 2 is 2.09 bits per heavy atom. The maximum absolute atomic E-state index is 5.14. The molecule has 0 amide bonds. The first-order valence-corrected chi connectivity index (χ1v) is 8.89. The largest absolute Gasteiger partial charge is 0.377 e. The van der Waals surface area contributed by atoms with Gasteiger partial charge in [-0.15, -0.1) is 0 Å². The lowest BCUT2D eigenvalue weighted by molar-refractivity contribution is 0.177. The Morgan fingerprint density at radius 1 is 1.26 bits per heavy atom. The molecule has 1 aliphatic carbocycles. The highest BCUT2D eigenvalue weighted by Crippen LogP contribution is 2.31. The van der Waals surface area contributed by atoms with Gasteiger partial charge in [0.25, 0.3) is 0 Å². The Kier molecular flexibility index (Phi) is 5.17. The van der Waals surface area contributed by atoms with Gasteiger partial charge in [0.05, 0.1) is 6.54 Å². The van der Waals surface area contributed by atoms with Gasteiger partial charge in [0.15, 0.2) is 5.82 Å². The first-order valence-electron chi connectivity index (χ1n) is 8.89. The van der Waals surface area contributed by atoms with Crippen LogP contribution in [-0.2, 0) is 24.3 Å². The fourth-order valence-electron chi connectivity index (χ4n) is 3.91. The van der Waals surface area contributed by atoms with E-state index in [1.165, 1.54) is 19.3 Å². The zero-order valence-corrected chi connectivity index (χ0v) is 14.9. The van der Waals surface area contributed by atoms with E-state index in [0.717, 1.165) is 37.0 Å². The first-order chi connectivity index (χ1) is 11.1. The van der Waals surface area contributed by atoms with Crippen molar-refractivity contribution in [3.05, 3.63) is 22.8 Å². The van der Waals surface area contributed by atoms with Crippen molar-refractivity contribution in [3.63, 3.8) is 0 Å². The molecule has 23 heavy (non-hydrogen) atoms. The van der Waals surface area contributed by atoms with Gasteiger partial charge >= 0.3 is 0 Å². The fraction of sp³-hybridized carbons (Fsp3) is 0.778. The Morgan fingerprint density at radius 3 is 2.83 bits per heavy atom. The van der Waals surface area contributed by atoms with E-state index < -0.39 is 0 Å². The molecule has 0 spiro atoms. The molecule has 3 rings (SSSR count). The third-order valence-electron chi connectivity index (χ3n) is 5.57. The van der Waals surface area contributed by atoms with E-state index in [1.54, 1.807) is 18.3 Å². The SMILES string of the molecule is COCc1nc2n(n1)CC(NC(C)C1CCC(C)=C(C)C1)CC2. The minimum absolute atomic E-state index is 0.502. The standard InChI is InChI=1S/C18H30N4O/c1-12-5-6-15(9-13(12)2)14(3)19-16-7-8-18-20-17(11-23-4)21-22(18)10-16/h14-16,19H,5-11H2,1-4H3. The van der Waals surface area contributed by atoms with Crippen LogP contribution in [0.4, 0.5) is 0 Å². The third kappa shape index (κ3) is 3.83. The van der Waals surface area contributed by atoms with Crippen molar-refractivity contribution in [2.45, 2.75) is 78.1 Å². The molecule has 128 valence electrons. The zero-order chi connectivity index (χ0) is 16.4. The summed E-state index contributed by atoms with van der Waals surface area (Å²) in [4.78, 5) is 4.56. The molecule has 0 aromatic carbocycles. The quantitative estimate of drug-likeness (QED) is 0.848. The maximum atomic E-state index is 5.14. The van der Waals surface area contributed by atoms with Crippen LogP contribution >= 0.6 is 0 Å². The Hall–Kier alpha value is -1.20. The number of aryl methyl sites for hydroxylation is 1. The van der Waals surface area contributed by atoms with Gasteiger partial charge < -0.3 is 10.1 Å². The Balaban J connectivity index is 1.57. The average molecular weight is 318 g/mol. The van der Waals surface area contributed by atoms with Crippen LogP contribution in [-0.4, -0.2) is 34.0 Å². The molecule has 1 aromatic rings. The van der Waals surface area contributed by atoms with Gasteiger partial charge in [-0.3, -0.25) is 0 Å². The van der Waals surface area contributed by atoms with Crippen LogP contribution in [0, 0.1) is 5.92 Å². The number of ether oxygens (including phenoxy) is 1. The molecule has 0 radical (unpaired) electrons. The Labute approximate surface area is 139 Å². The number of rotatable bonds is 5. The van der Waals surface area contributed by atoms with Gasteiger partial charge in [0.1, 0.15) is 12.4 Å². The summed E-state index contributed by atoms with van der Waals surface area (Å²) in [6.07, 6.45) is 5.98. The predicted molar refractivity (Wildman–Crippen MR) is 91.2 cm³/mol. The summed E-state index contributed by atoms with van der Waals surface area (Å²) in [6.45, 7) is 8.37. The molecule has 2 heterocycles. The van der Waals surface area contributed by atoms with E-state index in [2.05, 4.69) is 40.9 Å². The van der Waals surface area contributed by atoms with Crippen LogP contribution in [0.3, 0.4) is 0 Å². The summed E-state index contributed by atoms with van der Waals surface area (Å²) in [6, 6.07) is 1.06. The van der Waals surface area contributed by atoms with Crippen LogP contribution in [0.25, 0.3) is 0 Å². The van der Waals surface area contributed by atoms with Crippen LogP contribution in [0.2, 0.25) is 0 Å². The second kappa shape index (κ2) is 7.14. The molecular formula is C18H30N4O. The molecule has 5 nitrogen and oxygen atoms in total. The smallest absolute Gasteiger partial charge is 0.176 e. The molecule has 1 N–H and O–H groups in total. The summed E-state index contributed by atoms with van der Waals surface area (Å²) in [5.74, 6) is 2.68. The highest BCUT2D eigenvalue weighted by atomic mass is 16.5. The average Bonchev–Trinajstić information content (AvgIpc) is 2.92. The van der Waals surface area contributed by atoms with E-state index in [1.807, 2.05) is 0 Å². The van der Waals surface area contributed by atoms with Crippen LogP contribution in [0.15, 0.2) is 11.1 Å². The minimum atomic E-state index is 0.502. The van der Waals surface area contributed by atoms with Gasteiger partial charge in [-0.25, -0.2) is 9.67 Å². The maximum Gasteiger partial charge on any atom is 0.176 e. The number of methoxy groups -OCH3 is 1. The molecule has 0 fully saturated rings. The first kappa shape index (κ1) is 16.7. The molecular weight excluding hydrogens is 288 g/mol. The highest BCUT2D eigenvalue weighted by Gasteiger charge is 2.27. The van der Waals surface area contributed by atoms with Crippen molar-refractivity contribution < 1.29 is 4.74 Å². The van der Waals surface area contributed by atoms with E-state index in [9.17, 15) is 0 Å². The molecule has 0 saturated carbocycles. The van der Waals surface area contributed by atoms with Gasteiger partial charge in [0.2, 0.25) is 0 Å². The number of hydrogen-bond acceptors (Lipinski definition) is 4. The van der Waals surface area contributed by atoms with Gasteiger partial charge in [-0.1, -0.05) is 11.1 Å². The van der Waals surface area contributed by atoms with Gasteiger partial charge in [0, 0.05) is 25.6 Å². The fourth-order valence-corrected chi connectivity index (χ4v) is 3.91. The van der Waals surface area contributed by atoms with Crippen molar-refractivity contribution in [1.82, 2.24) is 20.1 Å². The molecule has 3 unspecified atom stereocenters. The number of fused-ring (bicyclic) bond motifs is 1. The van der Waals surface area contributed by atoms with Crippen LogP contribution < -0.4 is 5.32 Å². The highest BCUT2D eigenvalue weighted by molar-refractivity contribution is 5.14. The van der Waals surface area contributed by atoms with Crippen molar-refractivity contribution in [2.24, 2.45) is 5.92 Å². The normalized spacial score (nSPS) is 26.3. The monoisotopic (exact) mass is 318 g/mol. The van der Waals surface area contributed by atoms with Crippen LogP contribution in [0.5, 0.6) is 0 Å². The lowest BCUT2D eigenvalue weighted by Crippen LogP contribution is -2.45. The van der Waals surface area contributed by atoms with Crippen molar-refractivity contribution in [1.29, 1.82) is 0 Å². The van der Waals surface area contributed by atoms with Crippen molar-refractivity contribution >= 4 is 0 Å². The third-order valence-corrected chi connectivity index (χ3v) is 5.57. The molecule has 5 heteroatoms. The molecule has 0 bridgehead atoms. The van der Waals surface area contributed by atoms with E-state index >= 15 is 0 Å². The lowest BCUT2D eigenvalue weighted by atomic mass is 9.81. The minimum Gasteiger partial charge on any atom is -0.377 e. The lowest BCUT2D eigenvalue weighted by Gasteiger charge is -2.34. The topological polar surface area (TPSA) is 52.0 Å². The zero-order valence-electron chi connectivity index (χ0n) is 14.9. The summed E-state index contributed by atoms with van der Waals surface area (Å²) in [7, 11) is 1.69. The van der Waals surface area contributed by atoms with Crippen molar-refractivity contribution in [2.75, 3.05) is 7.11 Å². The number of allylic oxidation sites excluding steroid dienone is 2. The number of nitrogens with zero attached hydrogens (tertiary/aromatic N) is 3. The second-order valence-corrected chi connectivity index (χ2v) is 7.31. The molecule has 3 atom stereocenters. The molecule has 1 aliphatic heterocycles. The van der Waals surface area contributed by atoms with Crippen molar-refractivity contribution in [3.8, 4) is 0 Å². The van der Waals surface area contributed by atoms with E-state index in [0.29, 0.717) is 18.7 Å². The summed E-state index contributed by atoms with van der Waals surface area (Å²) >= 11 is 0. The Bertz CT molecular complexity index is 578. The summed E-state index contributed by atoms with van der Waals surface area (Å²) in [5, 5.41) is 8.43. The predicted octanol–water partition coefficient (Wildman–Crippen LogP) is 2.85. The molecule has 0 saturated heterocycles. The van der Waals surface area contributed by atoms with E-state index in [4.69, 9.17) is 4.74 Å². The second-order valence-electron chi connectivity index (χ2n) is 7.31. The van der Waals surface area contributed by atoms with Gasteiger partial charge in [-0.2, -0.15) is 5.10 Å². The summed E-state index contributed by atoms with van der Waals surface area (Å²) < 4.78 is 7.20.